The van der Waals surface area contributed by atoms with Gasteiger partial charge < -0.3 is 9.64 Å². The van der Waals surface area contributed by atoms with Crippen LogP contribution in [0.5, 0.6) is 5.75 Å². The molecule has 6 nitrogen and oxygen atoms in total. The van der Waals surface area contributed by atoms with E-state index in [-0.39, 0.29) is 17.2 Å². The summed E-state index contributed by atoms with van der Waals surface area (Å²) in [6, 6.07) is 16.4. The van der Waals surface area contributed by atoms with E-state index in [1.807, 2.05) is 13.8 Å². The minimum Gasteiger partial charge on any atom is -0.497 e. The van der Waals surface area contributed by atoms with E-state index in [2.05, 4.69) is 0 Å². The summed E-state index contributed by atoms with van der Waals surface area (Å²) >= 11 is 7.42. The van der Waals surface area contributed by atoms with Crippen molar-refractivity contribution < 1.29 is 13.9 Å². The van der Waals surface area contributed by atoms with E-state index in [1.165, 1.54) is 22.4 Å². The zero-order valence-electron chi connectivity index (χ0n) is 20.1. The molecule has 0 saturated heterocycles. The summed E-state index contributed by atoms with van der Waals surface area (Å²) in [5, 5.41) is 1.02. The monoisotopic (exact) mass is 525 g/mol. The predicted molar refractivity (Wildman–Crippen MR) is 142 cm³/mol. The van der Waals surface area contributed by atoms with Crippen LogP contribution in [0.3, 0.4) is 0 Å². The minimum atomic E-state index is -0.429. The van der Waals surface area contributed by atoms with E-state index >= 15 is 0 Å². The van der Waals surface area contributed by atoms with Crippen molar-refractivity contribution >= 4 is 40.2 Å². The number of hydrogen-bond acceptors (Lipinski definition) is 5. The van der Waals surface area contributed by atoms with Crippen molar-refractivity contribution in [3.63, 3.8) is 0 Å². The molecule has 1 heterocycles. The average Bonchev–Trinajstić information content (AvgIpc) is 2.89. The van der Waals surface area contributed by atoms with Crippen molar-refractivity contribution in [2.45, 2.75) is 24.8 Å². The normalized spacial score (nSPS) is 11.0. The van der Waals surface area contributed by atoms with Gasteiger partial charge in [0.2, 0.25) is 0 Å². The lowest BCUT2D eigenvalue weighted by Gasteiger charge is -2.19. The van der Waals surface area contributed by atoms with E-state index in [1.54, 1.807) is 66.6 Å². The number of aromatic nitrogens is 2. The van der Waals surface area contributed by atoms with Crippen LogP contribution >= 0.6 is 23.4 Å². The van der Waals surface area contributed by atoms with Crippen molar-refractivity contribution in [3.05, 3.63) is 93.0 Å². The molecule has 4 rings (SSSR count). The predicted octanol–water partition coefficient (Wildman–Crippen LogP) is 5.96. The quantitative estimate of drug-likeness (QED) is 0.210. The number of amides is 1. The summed E-state index contributed by atoms with van der Waals surface area (Å²) in [6.45, 7) is 4.97. The molecule has 0 aliphatic rings. The van der Waals surface area contributed by atoms with Crippen molar-refractivity contribution in [2.75, 3.05) is 20.2 Å². The number of nitrogens with zero attached hydrogens (tertiary/aromatic N) is 3. The van der Waals surface area contributed by atoms with Gasteiger partial charge >= 0.3 is 0 Å². The van der Waals surface area contributed by atoms with Gasteiger partial charge in [0.15, 0.2) is 5.16 Å². The average molecular weight is 526 g/mol. The summed E-state index contributed by atoms with van der Waals surface area (Å²) in [5.74, 6) is 0.251. The van der Waals surface area contributed by atoms with Crippen LogP contribution < -0.4 is 10.3 Å². The molecule has 0 aliphatic carbocycles. The van der Waals surface area contributed by atoms with Gasteiger partial charge in [0.25, 0.3) is 11.5 Å². The lowest BCUT2D eigenvalue weighted by molar-refractivity contribution is 0.0773. The lowest BCUT2D eigenvalue weighted by Crippen LogP contribution is -2.30. The molecule has 0 aliphatic heterocycles. The van der Waals surface area contributed by atoms with E-state index in [9.17, 15) is 14.0 Å². The van der Waals surface area contributed by atoms with E-state index in [0.717, 1.165) is 0 Å². The van der Waals surface area contributed by atoms with Gasteiger partial charge in [0, 0.05) is 35.0 Å². The molecule has 0 fully saturated rings. The van der Waals surface area contributed by atoms with Crippen molar-refractivity contribution in [2.24, 2.45) is 0 Å². The number of benzene rings is 3. The highest BCUT2D eigenvalue weighted by Gasteiger charge is 2.18. The Morgan fingerprint density at radius 3 is 2.47 bits per heavy atom. The lowest BCUT2D eigenvalue weighted by atomic mass is 10.1. The highest BCUT2D eigenvalue weighted by atomic mass is 35.5. The summed E-state index contributed by atoms with van der Waals surface area (Å²) in [7, 11) is 1.56. The van der Waals surface area contributed by atoms with Crippen molar-refractivity contribution in [1.82, 2.24) is 14.5 Å². The van der Waals surface area contributed by atoms with Crippen LogP contribution in [-0.4, -0.2) is 40.6 Å². The molecule has 0 atom stereocenters. The molecule has 4 aromatic rings. The molecule has 0 radical (unpaired) electrons. The first-order valence-corrected chi connectivity index (χ1v) is 12.8. The minimum absolute atomic E-state index is 0.129. The van der Waals surface area contributed by atoms with Gasteiger partial charge in [-0.15, -0.1) is 0 Å². The fourth-order valence-electron chi connectivity index (χ4n) is 3.85. The summed E-state index contributed by atoms with van der Waals surface area (Å²) < 4.78 is 21.2. The molecule has 0 bridgehead atoms. The molecule has 0 spiro atoms. The summed E-state index contributed by atoms with van der Waals surface area (Å²) in [6.07, 6.45) is 0. The Kier molecular flexibility index (Phi) is 7.96. The maximum atomic E-state index is 14.4. The van der Waals surface area contributed by atoms with Gasteiger partial charge in [-0.05, 0) is 68.4 Å². The molecule has 3 aromatic carbocycles. The number of methoxy groups -OCH3 is 1. The van der Waals surface area contributed by atoms with Crippen LogP contribution in [-0.2, 0) is 5.75 Å². The number of hydrogen-bond donors (Lipinski definition) is 0. The first kappa shape index (κ1) is 25.7. The van der Waals surface area contributed by atoms with Crippen molar-refractivity contribution in [1.29, 1.82) is 0 Å². The van der Waals surface area contributed by atoms with E-state index < -0.39 is 5.82 Å². The summed E-state index contributed by atoms with van der Waals surface area (Å²) in [4.78, 5) is 33.0. The van der Waals surface area contributed by atoms with Gasteiger partial charge in [-0.3, -0.25) is 14.2 Å². The number of halogens is 2. The maximum Gasteiger partial charge on any atom is 0.266 e. The third kappa shape index (κ3) is 5.10. The molecule has 186 valence electrons. The SMILES string of the molecule is CCN(CC)C(=O)c1ccc2c(=O)n(-c3ccc(OC)cc3)c(SCc3c(F)cccc3Cl)nc2c1. The highest BCUT2D eigenvalue weighted by molar-refractivity contribution is 7.98. The molecular weight excluding hydrogens is 501 g/mol. The number of fused-ring (bicyclic) bond motifs is 1. The Hall–Kier alpha value is -3.36. The second-order valence-corrected chi connectivity index (χ2v) is 9.28. The molecule has 0 unspecified atom stereocenters. The van der Waals surface area contributed by atoms with E-state index in [0.29, 0.717) is 56.7 Å². The zero-order valence-corrected chi connectivity index (χ0v) is 21.7. The molecule has 0 N–H and O–H groups in total. The number of carbonyl (C=O) groups is 1. The maximum absolute atomic E-state index is 14.4. The second kappa shape index (κ2) is 11.1. The van der Waals surface area contributed by atoms with Gasteiger partial charge in [-0.25, -0.2) is 9.37 Å². The molecule has 9 heteroatoms. The zero-order chi connectivity index (χ0) is 25.8. The second-order valence-electron chi connectivity index (χ2n) is 7.93. The fraction of sp³-hybridized carbons (Fsp3) is 0.222. The van der Waals surface area contributed by atoms with Crippen LogP contribution in [0.25, 0.3) is 16.6 Å². The molecule has 36 heavy (non-hydrogen) atoms. The topological polar surface area (TPSA) is 64.4 Å². The third-order valence-electron chi connectivity index (χ3n) is 5.87. The first-order valence-electron chi connectivity index (χ1n) is 11.4. The van der Waals surface area contributed by atoms with Gasteiger partial charge in [-0.2, -0.15) is 0 Å². The molecule has 1 aromatic heterocycles. The Balaban J connectivity index is 1.86. The third-order valence-corrected chi connectivity index (χ3v) is 7.19. The Bertz CT molecular complexity index is 1450. The van der Waals surface area contributed by atoms with Crippen LogP contribution in [0.15, 0.2) is 70.6 Å². The van der Waals surface area contributed by atoms with Crippen molar-refractivity contribution in [3.8, 4) is 11.4 Å². The van der Waals surface area contributed by atoms with Crippen LogP contribution in [0, 0.1) is 5.82 Å². The smallest absolute Gasteiger partial charge is 0.266 e. The van der Waals surface area contributed by atoms with E-state index in [4.69, 9.17) is 21.3 Å². The Morgan fingerprint density at radius 2 is 1.83 bits per heavy atom. The largest absolute Gasteiger partial charge is 0.497 e. The van der Waals surface area contributed by atoms with Crippen LogP contribution in [0.1, 0.15) is 29.8 Å². The number of thioether (sulfide) groups is 1. The first-order chi connectivity index (χ1) is 17.4. The molecule has 0 saturated carbocycles. The van der Waals surface area contributed by atoms with Crippen LogP contribution in [0.4, 0.5) is 4.39 Å². The van der Waals surface area contributed by atoms with Gasteiger partial charge in [0.1, 0.15) is 11.6 Å². The number of ether oxygens (including phenoxy) is 1. The number of rotatable bonds is 8. The Labute approximate surface area is 217 Å². The standard InChI is InChI=1S/C27H25ClFN3O3S/c1-4-31(5-2)25(33)17-9-14-20-24(15-17)30-27(36-16-21-22(28)7-6-8-23(21)29)32(26(20)34)18-10-12-19(35-3)13-11-18/h6-15H,4-5,16H2,1-3H3. The number of carbonyl (C=O) groups excluding carboxylic acids is 1. The fourth-order valence-corrected chi connectivity index (χ4v) is 5.21. The molecular formula is C27H25ClFN3O3S. The highest BCUT2D eigenvalue weighted by Crippen LogP contribution is 2.30. The van der Waals surface area contributed by atoms with Gasteiger partial charge in [-0.1, -0.05) is 29.4 Å². The Morgan fingerprint density at radius 1 is 1.11 bits per heavy atom. The van der Waals surface area contributed by atoms with Crippen LogP contribution in [0.2, 0.25) is 5.02 Å². The summed E-state index contributed by atoms with van der Waals surface area (Å²) in [5.41, 5.74) is 1.46. The van der Waals surface area contributed by atoms with Gasteiger partial charge in [0.05, 0.1) is 23.7 Å². The molecule has 1 amide bonds.